The number of fused-ring (bicyclic) bond motifs is 1. The third kappa shape index (κ3) is 8.86. The van der Waals surface area contributed by atoms with E-state index < -0.39 is 0 Å². The van der Waals surface area contributed by atoms with Gasteiger partial charge in [-0.05, 0) is 73.8 Å². The van der Waals surface area contributed by atoms with Gasteiger partial charge in [-0.3, -0.25) is 0 Å². The van der Waals surface area contributed by atoms with Crippen LogP contribution in [0.25, 0.3) is 0 Å². The number of nitrogens with two attached hydrogens (primary N) is 1. The number of methoxy groups -OCH3 is 1. The average Bonchev–Trinajstić information content (AvgIpc) is 3.06. The molecule has 232 valence electrons. The number of para-hydroxylation sites is 1. The molecule has 2 heterocycles. The first kappa shape index (κ1) is 31.1. The normalized spacial score (nSPS) is 18.1. The van der Waals surface area contributed by atoms with Gasteiger partial charge in [-0.15, -0.1) is 0 Å². The predicted octanol–water partition coefficient (Wildman–Crippen LogP) is 5.28. The molecule has 1 saturated heterocycles. The van der Waals surface area contributed by atoms with Crippen molar-refractivity contribution >= 4 is 5.69 Å². The van der Waals surface area contributed by atoms with Crippen molar-refractivity contribution in [3.8, 4) is 17.2 Å². The summed E-state index contributed by atoms with van der Waals surface area (Å²) in [6, 6.07) is 22.9. The topological polar surface area (TPSA) is 87.4 Å². The van der Waals surface area contributed by atoms with E-state index in [1.54, 1.807) is 7.11 Å². The van der Waals surface area contributed by atoms with Crippen molar-refractivity contribution in [2.24, 2.45) is 5.73 Å². The monoisotopic (exact) mass is 589 g/mol. The van der Waals surface area contributed by atoms with Crippen molar-refractivity contribution in [3.63, 3.8) is 0 Å². The lowest BCUT2D eigenvalue weighted by atomic mass is 9.87. The second-order valence-corrected chi connectivity index (χ2v) is 11.2. The number of nitrogens with zero attached hydrogens (tertiary/aromatic N) is 1. The maximum Gasteiger partial charge on any atom is 0.142 e. The number of ether oxygens (including phenoxy) is 5. The van der Waals surface area contributed by atoms with Crippen LogP contribution in [0.2, 0.25) is 0 Å². The molecule has 3 aromatic rings. The summed E-state index contributed by atoms with van der Waals surface area (Å²) in [5.41, 5.74) is 10.4. The van der Waals surface area contributed by atoms with Gasteiger partial charge in [-0.2, -0.15) is 0 Å². The Hall–Kier alpha value is -3.30. The Balaban J connectivity index is 1.08. The lowest BCUT2D eigenvalue weighted by Gasteiger charge is -2.33. The number of benzene rings is 3. The van der Waals surface area contributed by atoms with Crippen molar-refractivity contribution in [3.05, 3.63) is 83.4 Å². The van der Waals surface area contributed by atoms with Gasteiger partial charge in [-0.25, -0.2) is 0 Å². The number of unbranched alkanes of at least 4 members (excludes halogenated alkanes) is 1. The molecule has 8 heteroatoms. The molecule has 0 spiro atoms. The maximum absolute atomic E-state index is 6.55. The molecule has 0 unspecified atom stereocenters. The van der Waals surface area contributed by atoms with Gasteiger partial charge in [0.1, 0.15) is 23.9 Å². The fourth-order valence-corrected chi connectivity index (χ4v) is 5.84. The van der Waals surface area contributed by atoms with Crippen molar-refractivity contribution in [1.82, 2.24) is 5.32 Å². The molecule has 0 bridgehead atoms. The largest absolute Gasteiger partial charge is 0.496 e. The van der Waals surface area contributed by atoms with Crippen molar-refractivity contribution in [1.29, 1.82) is 0 Å². The molecule has 3 aromatic carbocycles. The van der Waals surface area contributed by atoms with E-state index >= 15 is 0 Å². The average molecular weight is 590 g/mol. The molecule has 5 rings (SSSR count). The first-order chi connectivity index (χ1) is 21.2. The summed E-state index contributed by atoms with van der Waals surface area (Å²) >= 11 is 0. The molecule has 43 heavy (non-hydrogen) atoms. The molecule has 1 fully saturated rings. The summed E-state index contributed by atoms with van der Waals surface area (Å²) in [5, 5.41) is 3.52. The summed E-state index contributed by atoms with van der Waals surface area (Å²) in [6.07, 6.45) is 4.10. The summed E-state index contributed by atoms with van der Waals surface area (Å²) in [4.78, 5) is 2.42. The second kappa shape index (κ2) is 16.5. The zero-order chi connectivity index (χ0) is 29.7. The number of hydrogen-bond donors (Lipinski definition) is 2. The Morgan fingerprint density at radius 3 is 2.72 bits per heavy atom. The molecule has 0 saturated carbocycles. The smallest absolute Gasteiger partial charge is 0.142 e. The Labute approximate surface area is 256 Å². The lowest BCUT2D eigenvalue weighted by molar-refractivity contribution is 0.0106. The van der Waals surface area contributed by atoms with Crippen LogP contribution in [0.5, 0.6) is 17.2 Å². The van der Waals surface area contributed by atoms with Gasteiger partial charge in [0.25, 0.3) is 0 Å². The zero-order valence-corrected chi connectivity index (χ0v) is 25.5. The highest BCUT2D eigenvalue weighted by molar-refractivity contribution is 5.61. The molecule has 2 aliphatic rings. The van der Waals surface area contributed by atoms with Crippen LogP contribution < -0.4 is 30.2 Å². The van der Waals surface area contributed by atoms with Gasteiger partial charge in [0.2, 0.25) is 0 Å². The Kier molecular flexibility index (Phi) is 12.0. The van der Waals surface area contributed by atoms with Crippen LogP contribution in [0.3, 0.4) is 0 Å². The molecule has 8 nitrogen and oxygen atoms in total. The highest BCUT2D eigenvalue weighted by Crippen LogP contribution is 2.34. The molecule has 0 radical (unpaired) electrons. The molecule has 2 atom stereocenters. The van der Waals surface area contributed by atoms with Crippen LogP contribution in [0.1, 0.15) is 48.3 Å². The van der Waals surface area contributed by atoms with Gasteiger partial charge in [0.15, 0.2) is 0 Å². The van der Waals surface area contributed by atoms with Crippen molar-refractivity contribution in [2.45, 2.75) is 50.9 Å². The third-order valence-electron chi connectivity index (χ3n) is 8.22. The Bertz CT molecular complexity index is 1250. The summed E-state index contributed by atoms with van der Waals surface area (Å²) in [6.45, 7) is 7.57. The van der Waals surface area contributed by atoms with Crippen molar-refractivity contribution < 1.29 is 23.7 Å². The predicted molar refractivity (Wildman–Crippen MR) is 170 cm³/mol. The number of rotatable bonds is 16. The van der Waals surface area contributed by atoms with Crippen LogP contribution >= 0.6 is 0 Å². The number of anilines is 1. The first-order valence-electron chi connectivity index (χ1n) is 15.7. The van der Waals surface area contributed by atoms with Crippen LogP contribution in [0.15, 0.2) is 66.7 Å². The van der Waals surface area contributed by atoms with Crippen LogP contribution in [-0.2, 0) is 22.7 Å². The van der Waals surface area contributed by atoms with Crippen LogP contribution in [0, 0.1) is 0 Å². The van der Waals surface area contributed by atoms with Crippen LogP contribution in [-0.4, -0.2) is 65.8 Å². The quantitative estimate of drug-likeness (QED) is 0.218. The van der Waals surface area contributed by atoms with Gasteiger partial charge in [0, 0.05) is 31.0 Å². The molecule has 0 aromatic heterocycles. The van der Waals surface area contributed by atoms with Crippen molar-refractivity contribution in [2.75, 3.05) is 64.6 Å². The van der Waals surface area contributed by atoms with E-state index in [2.05, 4.69) is 52.7 Å². The van der Waals surface area contributed by atoms with E-state index in [-0.39, 0.29) is 6.10 Å². The summed E-state index contributed by atoms with van der Waals surface area (Å²) < 4.78 is 29.7. The summed E-state index contributed by atoms with van der Waals surface area (Å²) in [5.74, 6) is 3.04. The van der Waals surface area contributed by atoms with E-state index in [0.717, 1.165) is 87.8 Å². The Morgan fingerprint density at radius 1 is 0.977 bits per heavy atom. The highest BCUT2D eigenvalue weighted by Gasteiger charge is 2.27. The number of nitrogens with one attached hydrogen (secondary N) is 1. The third-order valence-corrected chi connectivity index (χ3v) is 8.22. The second-order valence-electron chi connectivity index (χ2n) is 11.2. The molecular formula is C35H47N3O5. The van der Waals surface area contributed by atoms with E-state index in [0.29, 0.717) is 32.3 Å². The number of hydrogen-bond acceptors (Lipinski definition) is 8. The molecule has 3 N–H and O–H groups in total. The minimum Gasteiger partial charge on any atom is -0.496 e. The summed E-state index contributed by atoms with van der Waals surface area (Å²) in [7, 11) is 1.68. The molecular weight excluding hydrogens is 542 g/mol. The van der Waals surface area contributed by atoms with E-state index in [1.165, 1.54) is 16.8 Å². The van der Waals surface area contributed by atoms with E-state index in [9.17, 15) is 0 Å². The van der Waals surface area contributed by atoms with Gasteiger partial charge in [0.05, 0.1) is 51.9 Å². The van der Waals surface area contributed by atoms with E-state index in [1.807, 2.05) is 24.3 Å². The minimum absolute atomic E-state index is 0.105. The van der Waals surface area contributed by atoms with Gasteiger partial charge < -0.3 is 39.6 Å². The standard InChI is InChI=1S/C35H47N3O5/c1-39-33-8-3-2-7-29(33)26-40-20-6-21-41-30-12-10-28(11-13-30)31-15-17-37-24-35(31)43-25-27-9-14-34-32(23-27)38(19-22-42-34)18-5-4-16-36/h2-3,7-14,23,31,35,37H,4-6,15-22,24-26,36H2,1H3/t31-,35+/m1/s1. The zero-order valence-electron chi connectivity index (χ0n) is 25.5. The Morgan fingerprint density at radius 2 is 1.86 bits per heavy atom. The van der Waals surface area contributed by atoms with Gasteiger partial charge >= 0.3 is 0 Å². The fourth-order valence-electron chi connectivity index (χ4n) is 5.84. The maximum atomic E-state index is 6.55. The first-order valence-corrected chi connectivity index (χ1v) is 15.7. The molecule has 0 aliphatic carbocycles. The lowest BCUT2D eigenvalue weighted by Crippen LogP contribution is -2.41. The SMILES string of the molecule is COc1ccccc1COCCCOc1ccc([C@H]2CCNC[C@@H]2OCc2ccc3c(c2)N(CCCCN)CCO3)cc1. The molecule has 0 amide bonds. The van der Waals surface area contributed by atoms with E-state index in [4.69, 9.17) is 29.4 Å². The van der Waals surface area contributed by atoms with Gasteiger partial charge in [-0.1, -0.05) is 36.4 Å². The minimum atomic E-state index is 0.105. The number of piperidine rings is 1. The molecule has 2 aliphatic heterocycles. The fraction of sp³-hybridized carbons (Fsp3) is 0.486. The van der Waals surface area contributed by atoms with Crippen LogP contribution in [0.4, 0.5) is 5.69 Å². The highest BCUT2D eigenvalue weighted by atomic mass is 16.5.